The molecule has 21 heavy (non-hydrogen) atoms. The van der Waals surface area contributed by atoms with Crippen molar-refractivity contribution in [3.8, 4) is 0 Å². The minimum Gasteiger partial charge on any atom is -0.480 e. The summed E-state index contributed by atoms with van der Waals surface area (Å²) in [4.78, 5) is 13.6. The van der Waals surface area contributed by atoms with E-state index in [9.17, 15) is 14.3 Å². The van der Waals surface area contributed by atoms with E-state index >= 15 is 0 Å². The van der Waals surface area contributed by atoms with Crippen LogP contribution in [0.25, 0.3) is 0 Å². The lowest BCUT2D eigenvalue weighted by molar-refractivity contribution is -0.142. The summed E-state index contributed by atoms with van der Waals surface area (Å²) in [6.07, 6.45) is 5.22. The Hall–Kier alpha value is -1.13. The van der Waals surface area contributed by atoms with Crippen LogP contribution in [0.2, 0.25) is 5.02 Å². The number of carbonyl (C=O) groups is 1. The van der Waals surface area contributed by atoms with Crippen molar-refractivity contribution >= 4 is 17.6 Å². The SMILES string of the molecule is O=C(O)C1CC2CCCCC2N1Cc1ccc(Cl)c(F)c1. The van der Waals surface area contributed by atoms with E-state index in [1.54, 1.807) is 6.07 Å². The number of rotatable bonds is 3. The lowest BCUT2D eigenvalue weighted by Gasteiger charge is -2.33. The van der Waals surface area contributed by atoms with E-state index in [4.69, 9.17) is 11.6 Å². The van der Waals surface area contributed by atoms with E-state index in [2.05, 4.69) is 4.90 Å². The van der Waals surface area contributed by atoms with Crippen molar-refractivity contribution in [1.29, 1.82) is 0 Å². The molecule has 0 aromatic heterocycles. The second-order valence-corrected chi connectivity index (χ2v) is 6.53. The molecule has 3 nitrogen and oxygen atoms in total. The molecule has 3 atom stereocenters. The maximum absolute atomic E-state index is 13.6. The standard InChI is InChI=1S/C16H19ClFNO2/c17-12-6-5-10(7-13(12)18)9-19-14-4-2-1-3-11(14)8-15(19)16(20)21/h5-7,11,14-15H,1-4,8-9H2,(H,20,21). The Morgan fingerprint density at radius 2 is 2.14 bits per heavy atom. The minimum atomic E-state index is -0.765. The number of nitrogens with zero attached hydrogens (tertiary/aromatic N) is 1. The molecule has 1 aliphatic carbocycles. The molecule has 0 amide bonds. The molecule has 1 saturated heterocycles. The van der Waals surface area contributed by atoms with Gasteiger partial charge in [-0.15, -0.1) is 0 Å². The van der Waals surface area contributed by atoms with Crippen molar-refractivity contribution in [3.63, 3.8) is 0 Å². The fourth-order valence-corrected chi connectivity index (χ4v) is 3.99. The molecule has 3 rings (SSSR count). The minimum absolute atomic E-state index is 0.102. The summed E-state index contributed by atoms with van der Waals surface area (Å²) in [7, 11) is 0. The summed E-state index contributed by atoms with van der Waals surface area (Å²) in [6, 6.07) is 4.60. The van der Waals surface area contributed by atoms with Crippen LogP contribution in [0, 0.1) is 11.7 Å². The van der Waals surface area contributed by atoms with Gasteiger partial charge in [0.05, 0.1) is 5.02 Å². The van der Waals surface area contributed by atoms with Gasteiger partial charge in [0.25, 0.3) is 0 Å². The summed E-state index contributed by atoms with van der Waals surface area (Å²) in [6.45, 7) is 0.478. The number of fused-ring (bicyclic) bond motifs is 1. The summed E-state index contributed by atoms with van der Waals surface area (Å²) < 4.78 is 13.6. The molecule has 3 unspecified atom stereocenters. The molecule has 0 spiro atoms. The smallest absolute Gasteiger partial charge is 0.320 e. The zero-order valence-electron chi connectivity index (χ0n) is 11.8. The van der Waals surface area contributed by atoms with E-state index in [-0.39, 0.29) is 5.02 Å². The van der Waals surface area contributed by atoms with E-state index < -0.39 is 17.8 Å². The van der Waals surface area contributed by atoms with Crippen LogP contribution < -0.4 is 0 Å². The Kier molecular flexibility index (Phi) is 4.18. The maximum atomic E-state index is 13.6. The van der Waals surface area contributed by atoms with Gasteiger partial charge >= 0.3 is 5.97 Å². The Morgan fingerprint density at radius 1 is 1.38 bits per heavy atom. The van der Waals surface area contributed by atoms with Crippen LogP contribution in [-0.2, 0) is 11.3 Å². The van der Waals surface area contributed by atoms with Gasteiger partial charge in [-0.1, -0.05) is 30.5 Å². The number of aliphatic carboxylic acids is 1. The van der Waals surface area contributed by atoms with Gasteiger partial charge in [-0.25, -0.2) is 4.39 Å². The highest BCUT2D eigenvalue weighted by Crippen LogP contribution is 2.40. The number of benzene rings is 1. The summed E-state index contributed by atoms with van der Waals surface area (Å²) in [5, 5.41) is 9.57. The molecular formula is C16H19ClFNO2. The topological polar surface area (TPSA) is 40.5 Å². The quantitative estimate of drug-likeness (QED) is 0.925. The average Bonchev–Trinajstić information content (AvgIpc) is 2.82. The summed E-state index contributed by atoms with van der Waals surface area (Å²) >= 11 is 5.70. The first-order valence-corrected chi connectivity index (χ1v) is 7.86. The fourth-order valence-electron chi connectivity index (χ4n) is 3.87. The Balaban J connectivity index is 1.82. The molecule has 0 radical (unpaired) electrons. The molecule has 1 aromatic rings. The highest BCUT2D eigenvalue weighted by Gasteiger charge is 2.44. The molecule has 1 N–H and O–H groups in total. The van der Waals surface area contributed by atoms with Gasteiger partial charge in [0.1, 0.15) is 11.9 Å². The molecule has 1 heterocycles. The second-order valence-electron chi connectivity index (χ2n) is 6.12. The Labute approximate surface area is 128 Å². The van der Waals surface area contributed by atoms with Gasteiger partial charge < -0.3 is 5.11 Å². The molecule has 1 aliphatic heterocycles. The fraction of sp³-hybridized carbons (Fsp3) is 0.562. The molecule has 1 saturated carbocycles. The van der Waals surface area contributed by atoms with Crippen molar-refractivity contribution in [2.75, 3.05) is 0 Å². The van der Waals surface area contributed by atoms with Crippen molar-refractivity contribution in [3.05, 3.63) is 34.6 Å². The lowest BCUT2D eigenvalue weighted by Crippen LogP contribution is -2.41. The number of hydrogen-bond acceptors (Lipinski definition) is 2. The van der Waals surface area contributed by atoms with Gasteiger partial charge in [0.15, 0.2) is 0 Å². The van der Waals surface area contributed by atoms with Gasteiger partial charge in [-0.2, -0.15) is 0 Å². The Bertz CT molecular complexity index is 551. The van der Waals surface area contributed by atoms with Crippen molar-refractivity contribution in [2.24, 2.45) is 5.92 Å². The third kappa shape index (κ3) is 2.92. The predicted molar refractivity (Wildman–Crippen MR) is 78.7 cm³/mol. The number of halogens is 2. The first-order valence-electron chi connectivity index (χ1n) is 7.48. The number of likely N-dealkylation sites (tertiary alicyclic amines) is 1. The van der Waals surface area contributed by atoms with Crippen LogP contribution in [0.5, 0.6) is 0 Å². The highest BCUT2D eigenvalue weighted by molar-refractivity contribution is 6.30. The number of carboxylic acids is 1. The monoisotopic (exact) mass is 311 g/mol. The number of hydrogen-bond donors (Lipinski definition) is 1. The third-order valence-corrected chi connectivity index (χ3v) is 5.16. The first kappa shape index (κ1) is 14.8. The van der Waals surface area contributed by atoms with Crippen LogP contribution >= 0.6 is 11.6 Å². The highest BCUT2D eigenvalue weighted by atomic mass is 35.5. The molecule has 2 aliphatic rings. The Morgan fingerprint density at radius 3 is 2.86 bits per heavy atom. The van der Waals surface area contributed by atoms with E-state index in [1.807, 2.05) is 0 Å². The van der Waals surface area contributed by atoms with Crippen LogP contribution in [0.4, 0.5) is 4.39 Å². The van der Waals surface area contributed by atoms with Crippen molar-refractivity contribution < 1.29 is 14.3 Å². The van der Waals surface area contributed by atoms with Gasteiger partial charge in [0, 0.05) is 12.6 Å². The van der Waals surface area contributed by atoms with E-state index in [1.165, 1.54) is 18.6 Å². The van der Waals surface area contributed by atoms with E-state index in [0.717, 1.165) is 31.2 Å². The second kappa shape index (κ2) is 5.93. The summed E-state index contributed by atoms with van der Waals surface area (Å²) in [5.41, 5.74) is 0.786. The van der Waals surface area contributed by atoms with Gasteiger partial charge in [-0.3, -0.25) is 9.69 Å². The molecule has 114 valence electrons. The summed E-state index contributed by atoms with van der Waals surface area (Å²) in [5.74, 6) is -0.740. The number of carboxylic acid groups (broad SMARTS) is 1. The molecule has 1 aromatic carbocycles. The third-order valence-electron chi connectivity index (χ3n) is 4.86. The zero-order chi connectivity index (χ0) is 15.0. The molecular weight excluding hydrogens is 293 g/mol. The van der Waals surface area contributed by atoms with Crippen LogP contribution in [0.3, 0.4) is 0 Å². The van der Waals surface area contributed by atoms with Crippen LogP contribution in [0.15, 0.2) is 18.2 Å². The van der Waals surface area contributed by atoms with Crippen LogP contribution in [0.1, 0.15) is 37.7 Å². The van der Waals surface area contributed by atoms with Crippen molar-refractivity contribution in [2.45, 2.75) is 50.7 Å². The average molecular weight is 312 g/mol. The normalized spacial score (nSPS) is 29.3. The van der Waals surface area contributed by atoms with Crippen molar-refractivity contribution in [1.82, 2.24) is 4.90 Å². The largest absolute Gasteiger partial charge is 0.480 e. The van der Waals surface area contributed by atoms with Crippen LogP contribution in [-0.4, -0.2) is 28.1 Å². The lowest BCUT2D eigenvalue weighted by atomic mass is 9.84. The van der Waals surface area contributed by atoms with E-state index in [0.29, 0.717) is 18.5 Å². The predicted octanol–water partition coefficient (Wildman–Crippen LogP) is 3.70. The molecule has 0 bridgehead atoms. The van der Waals surface area contributed by atoms with Gasteiger partial charge in [0.2, 0.25) is 0 Å². The van der Waals surface area contributed by atoms with Gasteiger partial charge in [-0.05, 0) is 42.9 Å². The maximum Gasteiger partial charge on any atom is 0.320 e. The first-order chi connectivity index (χ1) is 10.1. The zero-order valence-corrected chi connectivity index (χ0v) is 12.5. The molecule has 2 fully saturated rings. The molecule has 5 heteroatoms.